The van der Waals surface area contributed by atoms with E-state index in [4.69, 9.17) is 28.4 Å². The van der Waals surface area contributed by atoms with E-state index >= 15 is 0 Å². The Hall–Kier alpha value is -2.53. The number of aliphatic hydroxyl groups is 11. The summed E-state index contributed by atoms with van der Waals surface area (Å²) in [5.41, 5.74) is 0. The van der Waals surface area contributed by atoms with Crippen molar-refractivity contribution in [3.05, 3.63) is 12.2 Å². The lowest BCUT2D eigenvalue weighted by molar-refractivity contribution is -0.386. The Labute approximate surface area is 384 Å². The number of rotatable bonds is 29. The molecule has 14 unspecified atom stereocenters. The zero-order valence-electron chi connectivity index (χ0n) is 38.0. The molecule has 23 heteroatoms. The molecule has 0 saturated carbocycles. The highest BCUT2D eigenvalue weighted by molar-refractivity contribution is 5.76. The van der Waals surface area contributed by atoms with Gasteiger partial charge < -0.3 is 100 Å². The maximum atomic E-state index is 12.8. The monoisotopic (exact) mass is 956 g/mol. The van der Waals surface area contributed by atoms with E-state index < -0.39 is 160 Å². The fraction of sp³-hybridized carbons (Fsp3) is 0.884. The van der Waals surface area contributed by atoms with Crippen LogP contribution in [0, 0.1) is 0 Å². The van der Waals surface area contributed by atoms with E-state index in [9.17, 15) is 75.7 Å². The predicted octanol–water partition coefficient (Wildman–Crippen LogP) is -3.08. The molecule has 3 fully saturated rings. The van der Waals surface area contributed by atoms with E-state index in [0.29, 0.717) is 6.42 Å². The van der Waals surface area contributed by atoms with E-state index in [1.165, 1.54) is 64.4 Å². The fourth-order valence-electron chi connectivity index (χ4n) is 8.27. The average Bonchev–Trinajstić information content (AvgIpc) is 3.28. The molecule has 3 rings (SSSR count). The summed E-state index contributed by atoms with van der Waals surface area (Å²) in [6, 6.07) is -2.61. The molecule has 0 aliphatic carbocycles. The number of carbonyl (C=O) groups is 3. The lowest BCUT2D eigenvalue weighted by atomic mass is 9.88. The van der Waals surface area contributed by atoms with Gasteiger partial charge >= 0.3 is 5.97 Å². The number of carboxylic acids is 1. The number of aliphatic carboxylic acids is 1. The first-order chi connectivity index (χ1) is 31.4. The average molecular weight is 957 g/mol. The molecule has 14 N–H and O–H groups in total. The van der Waals surface area contributed by atoms with Gasteiger partial charge in [-0.05, 0) is 12.8 Å². The van der Waals surface area contributed by atoms with Gasteiger partial charge in [0.15, 0.2) is 12.6 Å². The normalized spacial score (nSPS) is 34.7. The van der Waals surface area contributed by atoms with Crippen molar-refractivity contribution in [1.29, 1.82) is 0 Å². The first kappa shape index (κ1) is 57.8. The summed E-state index contributed by atoms with van der Waals surface area (Å²) >= 11 is 0. The summed E-state index contributed by atoms with van der Waals surface area (Å²) in [6.45, 7) is 1.05. The third-order valence-electron chi connectivity index (χ3n) is 12.0. The number of nitrogens with one attached hydrogen (secondary N) is 2. The lowest BCUT2D eigenvalue weighted by Crippen LogP contribution is -2.70. The smallest absolute Gasteiger partial charge is 0.364 e. The lowest BCUT2D eigenvalue weighted by Gasteiger charge is -2.50. The van der Waals surface area contributed by atoms with Crippen molar-refractivity contribution in [2.45, 2.75) is 214 Å². The maximum Gasteiger partial charge on any atom is 0.364 e. The van der Waals surface area contributed by atoms with Crippen molar-refractivity contribution in [3.8, 4) is 0 Å². The molecule has 66 heavy (non-hydrogen) atoms. The summed E-state index contributed by atoms with van der Waals surface area (Å²) in [7, 11) is 0. The van der Waals surface area contributed by atoms with Gasteiger partial charge in [-0.2, -0.15) is 0 Å². The van der Waals surface area contributed by atoms with Gasteiger partial charge in [0.2, 0.25) is 11.8 Å². The van der Waals surface area contributed by atoms with Crippen molar-refractivity contribution in [1.82, 2.24) is 10.6 Å². The van der Waals surface area contributed by atoms with Crippen LogP contribution in [0.4, 0.5) is 0 Å². The highest BCUT2D eigenvalue weighted by Crippen LogP contribution is 2.38. The molecule has 0 radical (unpaired) electrons. The molecule has 3 heterocycles. The molecule has 3 aliphatic heterocycles. The van der Waals surface area contributed by atoms with Gasteiger partial charge in [0.05, 0.1) is 50.7 Å². The quantitative estimate of drug-likeness (QED) is 0.0261. The number of ether oxygens (including phenoxy) is 6. The van der Waals surface area contributed by atoms with Crippen LogP contribution >= 0.6 is 0 Å². The molecular formula is C43H76N2O21. The number of allylic oxidation sites excluding steroid dienone is 1. The van der Waals surface area contributed by atoms with Gasteiger partial charge in [0.25, 0.3) is 5.79 Å². The highest BCUT2D eigenvalue weighted by atomic mass is 16.8. The molecule has 0 aromatic carbocycles. The molecule has 0 aromatic heterocycles. The number of carboxylic acid groups (broad SMARTS) is 1. The number of carbonyl (C=O) groups excluding carboxylic acids is 2. The summed E-state index contributed by atoms with van der Waals surface area (Å²) in [5, 5.41) is 133. The highest BCUT2D eigenvalue weighted by Gasteiger charge is 2.60. The first-order valence-electron chi connectivity index (χ1n) is 23.0. The molecule has 384 valence electrons. The van der Waals surface area contributed by atoms with E-state index in [0.717, 1.165) is 26.2 Å². The number of hydrogen-bond acceptors (Lipinski definition) is 20. The van der Waals surface area contributed by atoms with Crippen LogP contribution in [0.2, 0.25) is 0 Å². The zero-order valence-corrected chi connectivity index (χ0v) is 38.0. The summed E-state index contributed by atoms with van der Waals surface area (Å²) in [4.78, 5) is 36.8. The summed E-state index contributed by atoms with van der Waals surface area (Å²) < 4.78 is 34.0. The Balaban J connectivity index is 1.68. The Kier molecular flexibility index (Phi) is 25.3. The number of aliphatic hydroxyl groups excluding tert-OH is 11. The van der Waals surface area contributed by atoms with Gasteiger partial charge in [0, 0.05) is 20.3 Å². The predicted molar refractivity (Wildman–Crippen MR) is 228 cm³/mol. The third-order valence-corrected chi connectivity index (χ3v) is 12.0. The maximum absolute atomic E-state index is 12.8. The van der Waals surface area contributed by atoms with E-state index in [-0.39, 0.29) is 0 Å². The van der Waals surface area contributed by atoms with E-state index in [1.54, 1.807) is 6.08 Å². The second kappa shape index (κ2) is 28.8. The van der Waals surface area contributed by atoms with Crippen molar-refractivity contribution >= 4 is 17.8 Å². The number of unbranched alkanes of at least 4 members (excludes halogenated alkanes) is 11. The Morgan fingerprint density at radius 2 is 1.35 bits per heavy atom. The minimum atomic E-state index is -3.07. The Morgan fingerprint density at radius 1 is 0.758 bits per heavy atom. The molecule has 3 aliphatic rings. The largest absolute Gasteiger partial charge is 0.477 e. The van der Waals surface area contributed by atoms with E-state index in [1.807, 2.05) is 0 Å². The number of hydrogen-bond donors (Lipinski definition) is 14. The molecule has 23 nitrogen and oxygen atoms in total. The topological polar surface area (TPSA) is 373 Å². The van der Waals surface area contributed by atoms with Crippen LogP contribution in [0.15, 0.2) is 12.2 Å². The van der Waals surface area contributed by atoms with E-state index in [2.05, 4.69) is 17.6 Å². The standard InChI is InChI=1S/C43H76N2O21/c1-4-5-6-7-8-9-10-11-12-13-14-15-16-17-26(51)25(44-23(2)49)22-61-40-35(57)34(56)37(30(21-48)63-40)64-41-36(58)39(33(55)29(20-47)62-41)66-43(42(59)60)18-27(52)31(45-24(3)50)38(65-43)32(54)28(53)19-46/h16-17,25-41,46-48,51-58H,4-15,18-22H2,1-3H3,(H,44,49)(H,45,50)(H,59,60)/b17-16+/t25-,26-,27?,28+,29?,30?,31?,32+,33?,34?,35?,36?,37?,38?,39?,40?,41?,43?/m0/s1. The summed E-state index contributed by atoms with van der Waals surface area (Å²) in [6.07, 6.45) is -12.4. The second-order valence-electron chi connectivity index (χ2n) is 17.4. The minimum Gasteiger partial charge on any atom is -0.477 e. The third kappa shape index (κ3) is 16.6. The van der Waals surface area contributed by atoms with Crippen molar-refractivity contribution in [2.24, 2.45) is 0 Å². The van der Waals surface area contributed by atoms with Crippen LogP contribution in [-0.4, -0.2) is 215 Å². The zero-order chi connectivity index (χ0) is 49.1. The molecule has 2 amide bonds. The van der Waals surface area contributed by atoms with Crippen LogP contribution in [-0.2, 0) is 42.8 Å². The van der Waals surface area contributed by atoms with Crippen molar-refractivity contribution in [3.63, 3.8) is 0 Å². The van der Waals surface area contributed by atoms with Crippen LogP contribution in [0.1, 0.15) is 104 Å². The molecule has 0 bridgehead atoms. The van der Waals surface area contributed by atoms with Gasteiger partial charge in [-0.15, -0.1) is 0 Å². The molecule has 18 atom stereocenters. The van der Waals surface area contributed by atoms with Crippen LogP contribution < -0.4 is 10.6 Å². The van der Waals surface area contributed by atoms with Crippen LogP contribution in [0.25, 0.3) is 0 Å². The molecular weight excluding hydrogens is 880 g/mol. The Bertz CT molecular complexity index is 1460. The molecule has 3 saturated heterocycles. The summed E-state index contributed by atoms with van der Waals surface area (Å²) in [5.74, 6) is -6.32. The van der Waals surface area contributed by atoms with Crippen LogP contribution in [0.3, 0.4) is 0 Å². The fourth-order valence-corrected chi connectivity index (χ4v) is 8.27. The Morgan fingerprint density at radius 3 is 1.89 bits per heavy atom. The number of amides is 2. The van der Waals surface area contributed by atoms with Crippen LogP contribution in [0.5, 0.6) is 0 Å². The van der Waals surface area contributed by atoms with Gasteiger partial charge in [0.1, 0.15) is 67.1 Å². The van der Waals surface area contributed by atoms with Crippen molar-refractivity contribution in [2.75, 3.05) is 26.4 Å². The van der Waals surface area contributed by atoms with Gasteiger partial charge in [-0.3, -0.25) is 9.59 Å². The van der Waals surface area contributed by atoms with Gasteiger partial charge in [-0.1, -0.05) is 83.3 Å². The first-order valence-corrected chi connectivity index (χ1v) is 23.0. The minimum absolute atomic E-state index is 0.439. The second-order valence-corrected chi connectivity index (χ2v) is 17.4. The van der Waals surface area contributed by atoms with Crippen molar-refractivity contribution < 1.29 is 104 Å². The van der Waals surface area contributed by atoms with Gasteiger partial charge in [-0.25, -0.2) is 4.79 Å². The molecule has 0 aromatic rings. The SMILES string of the molecule is CCCCCCCCCCCCC/C=C/[C@H](O)[C@H](COC1OC(CO)C(OC2OC(CO)C(O)C(OC3(C(=O)O)CC(O)C(NC(C)=O)C([C@H](O)[C@H](O)CO)O3)C2O)C(O)C1O)NC(C)=O. The molecule has 0 spiro atoms.